The van der Waals surface area contributed by atoms with Crippen molar-refractivity contribution in [1.82, 2.24) is 0 Å². The second-order valence-electron chi connectivity index (χ2n) is 1.97. The number of epoxide rings is 1. The van der Waals surface area contributed by atoms with Gasteiger partial charge in [0.2, 0.25) is 0 Å². The molecule has 2 unspecified atom stereocenters. The predicted octanol–water partition coefficient (Wildman–Crippen LogP) is -0.273. The van der Waals surface area contributed by atoms with Crippen molar-refractivity contribution in [3.8, 4) is 0 Å². The molecule has 32 valence electrons. The Bertz CT molecular complexity index is 130. The van der Waals surface area contributed by atoms with Crippen molar-refractivity contribution in [2.75, 3.05) is 0 Å². The molecule has 1 saturated carbocycles. The monoisotopic (exact) mass is 84.0 g/mol. The fourth-order valence-corrected chi connectivity index (χ4v) is 0.619. The molecule has 0 aromatic heterocycles. The van der Waals surface area contributed by atoms with Gasteiger partial charge in [-0.25, -0.2) is 0 Å². The Hall–Kier alpha value is -0.370. The van der Waals surface area contributed by atoms with Gasteiger partial charge in [-0.2, -0.15) is 0 Å². The number of hydrogen-bond acceptors (Lipinski definition) is 2. The van der Waals surface area contributed by atoms with Crippen LogP contribution in [0.25, 0.3) is 0 Å². The van der Waals surface area contributed by atoms with Crippen molar-refractivity contribution >= 4 is 5.78 Å². The molecule has 2 aliphatic rings. The van der Waals surface area contributed by atoms with Crippen molar-refractivity contribution in [2.45, 2.75) is 18.6 Å². The maximum absolute atomic E-state index is 10.1. The molecule has 1 saturated heterocycles. The van der Waals surface area contributed by atoms with E-state index in [2.05, 4.69) is 0 Å². The summed E-state index contributed by atoms with van der Waals surface area (Å²) >= 11 is 0. The Morgan fingerprint density at radius 2 is 2.33 bits per heavy atom. The van der Waals surface area contributed by atoms with Gasteiger partial charge in [0.25, 0.3) is 0 Å². The summed E-state index contributed by atoms with van der Waals surface area (Å²) in [5.41, 5.74) is -0.264. The van der Waals surface area contributed by atoms with Crippen LogP contribution >= 0.6 is 0 Å². The van der Waals surface area contributed by atoms with E-state index < -0.39 is 0 Å². The summed E-state index contributed by atoms with van der Waals surface area (Å²) in [5, 5.41) is 0. The van der Waals surface area contributed by atoms with Gasteiger partial charge in [0.05, 0.1) is 0 Å². The van der Waals surface area contributed by atoms with Gasteiger partial charge in [-0.1, -0.05) is 0 Å². The number of Topliss-reactive ketones (excluding diaryl/α,β-unsaturated/α-hetero) is 1. The third-order valence-electron chi connectivity index (χ3n) is 1.45. The SMILES string of the molecule is CC12OC1C2=O. The minimum absolute atomic E-state index is 0.0255. The molecule has 2 rings (SSSR count). The summed E-state index contributed by atoms with van der Waals surface area (Å²) in [4.78, 5) is 10.1. The highest BCUT2D eigenvalue weighted by Crippen LogP contribution is 2.54. The van der Waals surface area contributed by atoms with Crippen LogP contribution in [-0.2, 0) is 9.53 Å². The van der Waals surface area contributed by atoms with Crippen LogP contribution in [-0.4, -0.2) is 17.5 Å². The number of ether oxygens (including phenoxy) is 1. The Balaban J connectivity index is 2.43. The summed E-state index contributed by atoms with van der Waals surface area (Å²) in [7, 11) is 0. The first-order chi connectivity index (χ1) is 2.75. The summed E-state index contributed by atoms with van der Waals surface area (Å²) in [5.74, 6) is 0.280. The lowest BCUT2D eigenvalue weighted by Crippen LogP contribution is -1.98. The molecule has 0 amide bonds. The smallest absolute Gasteiger partial charge is 0.199 e. The van der Waals surface area contributed by atoms with E-state index in [1.807, 2.05) is 6.92 Å². The molecule has 0 spiro atoms. The van der Waals surface area contributed by atoms with Gasteiger partial charge in [0.15, 0.2) is 17.5 Å². The van der Waals surface area contributed by atoms with Gasteiger partial charge in [-0.05, 0) is 6.92 Å². The third-order valence-corrected chi connectivity index (χ3v) is 1.45. The first-order valence-corrected chi connectivity index (χ1v) is 1.97. The van der Waals surface area contributed by atoms with E-state index in [1.165, 1.54) is 0 Å². The molecule has 0 N–H and O–H groups in total. The van der Waals surface area contributed by atoms with Gasteiger partial charge >= 0.3 is 0 Å². The summed E-state index contributed by atoms with van der Waals surface area (Å²) in [6.07, 6.45) is 0.0255. The molecule has 2 fully saturated rings. The van der Waals surface area contributed by atoms with Crippen LogP contribution in [0.2, 0.25) is 0 Å². The standard InChI is InChI=1S/C4H4O2/c1-4-2(5)3(4)6-4/h3H,1H3. The number of fused-ring (bicyclic) bond motifs is 1. The van der Waals surface area contributed by atoms with E-state index >= 15 is 0 Å². The van der Waals surface area contributed by atoms with Crippen molar-refractivity contribution in [3.05, 3.63) is 0 Å². The number of carbonyl (C=O) groups is 1. The minimum atomic E-state index is -0.264. The van der Waals surface area contributed by atoms with Crippen LogP contribution < -0.4 is 0 Å². The van der Waals surface area contributed by atoms with E-state index in [1.54, 1.807) is 0 Å². The van der Waals surface area contributed by atoms with E-state index in [0.717, 1.165) is 0 Å². The molecule has 0 aromatic carbocycles. The van der Waals surface area contributed by atoms with E-state index in [0.29, 0.717) is 0 Å². The summed E-state index contributed by atoms with van der Waals surface area (Å²) < 4.78 is 4.76. The zero-order chi connectivity index (χ0) is 4.36. The molecule has 1 aliphatic carbocycles. The predicted molar refractivity (Wildman–Crippen MR) is 18.3 cm³/mol. The second kappa shape index (κ2) is 0.382. The molecular formula is C4H4O2. The summed E-state index contributed by atoms with van der Waals surface area (Å²) in [6, 6.07) is 0. The van der Waals surface area contributed by atoms with E-state index in [4.69, 9.17) is 4.74 Å². The van der Waals surface area contributed by atoms with Crippen LogP contribution in [0, 0.1) is 0 Å². The topological polar surface area (TPSA) is 29.6 Å². The minimum Gasteiger partial charge on any atom is -0.349 e. The van der Waals surface area contributed by atoms with Crippen molar-refractivity contribution in [3.63, 3.8) is 0 Å². The number of carbonyl (C=O) groups excluding carboxylic acids is 1. The van der Waals surface area contributed by atoms with Gasteiger partial charge in [-0.15, -0.1) is 0 Å². The molecule has 1 heterocycles. The largest absolute Gasteiger partial charge is 0.349 e. The molecular weight excluding hydrogens is 80.0 g/mol. The van der Waals surface area contributed by atoms with Crippen molar-refractivity contribution in [1.29, 1.82) is 0 Å². The van der Waals surface area contributed by atoms with Crippen LogP contribution in [0.3, 0.4) is 0 Å². The lowest BCUT2D eigenvalue weighted by molar-refractivity contribution is -0.121. The highest BCUT2D eigenvalue weighted by Gasteiger charge is 2.80. The first-order valence-electron chi connectivity index (χ1n) is 1.97. The Morgan fingerprint density at radius 3 is 2.33 bits per heavy atom. The molecule has 2 heteroatoms. The average molecular weight is 84.1 g/mol. The maximum atomic E-state index is 10.1. The van der Waals surface area contributed by atoms with Crippen molar-refractivity contribution < 1.29 is 9.53 Å². The quantitative estimate of drug-likeness (QED) is 0.378. The zero-order valence-corrected chi connectivity index (χ0v) is 3.39. The summed E-state index contributed by atoms with van der Waals surface area (Å²) in [6.45, 7) is 1.82. The number of rotatable bonds is 0. The fraction of sp³-hybridized carbons (Fsp3) is 0.750. The van der Waals surface area contributed by atoms with Crippen LogP contribution in [0.15, 0.2) is 0 Å². The molecule has 0 radical (unpaired) electrons. The normalized spacial score (nSPS) is 60.8. The third kappa shape index (κ3) is 0.0908. The molecule has 1 aliphatic heterocycles. The maximum Gasteiger partial charge on any atom is 0.199 e. The Morgan fingerprint density at radius 1 is 2.00 bits per heavy atom. The first kappa shape index (κ1) is 2.75. The highest BCUT2D eigenvalue weighted by molar-refractivity contribution is 6.15. The van der Waals surface area contributed by atoms with E-state index in [9.17, 15) is 4.79 Å². The molecule has 0 aromatic rings. The zero-order valence-electron chi connectivity index (χ0n) is 3.39. The van der Waals surface area contributed by atoms with Gasteiger partial charge < -0.3 is 4.74 Å². The molecule has 2 nitrogen and oxygen atoms in total. The Kier molecular flexibility index (Phi) is 0.175. The van der Waals surface area contributed by atoms with Crippen LogP contribution in [0.4, 0.5) is 0 Å². The highest BCUT2D eigenvalue weighted by atomic mass is 16.7. The van der Waals surface area contributed by atoms with Crippen LogP contribution in [0.1, 0.15) is 6.92 Å². The number of hydrogen-bond donors (Lipinski definition) is 0. The lowest BCUT2D eigenvalue weighted by Gasteiger charge is -1.80. The number of ketones is 1. The van der Waals surface area contributed by atoms with Gasteiger partial charge in [-0.3, -0.25) is 4.79 Å². The molecule has 2 atom stereocenters. The molecule has 6 heavy (non-hydrogen) atoms. The second-order valence-corrected chi connectivity index (χ2v) is 1.97. The van der Waals surface area contributed by atoms with Crippen LogP contribution in [0.5, 0.6) is 0 Å². The van der Waals surface area contributed by atoms with Crippen molar-refractivity contribution in [2.24, 2.45) is 0 Å². The molecule has 0 bridgehead atoms. The fourth-order valence-electron chi connectivity index (χ4n) is 0.619. The van der Waals surface area contributed by atoms with Gasteiger partial charge in [0.1, 0.15) is 0 Å². The lowest BCUT2D eigenvalue weighted by atomic mass is 10.5. The Labute approximate surface area is 35.1 Å². The van der Waals surface area contributed by atoms with Gasteiger partial charge in [0, 0.05) is 0 Å². The van der Waals surface area contributed by atoms with E-state index in [-0.39, 0.29) is 17.5 Å². The average Bonchev–Trinajstić information content (AvgIpc) is 2.24.